The van der Waals surface area contributed by atoms with Crippen molar-refractivity contribution in [2.75, 3.05) is 31.1 Å². The fraction of sp³-hybridized carbons (Fsp3) is 0.522. The van der Waals surface area contributed by atoms with Gasteiger partial charge in [-0.25, -0.2) is 9.97 Å². The number of hydrogen-bond donors (Lipinski definition) is 2. The van der Waals surface area contributed by atoms with Gasteiger partial charge < -0.3 is 15.3 Å². The van der Waals surface area contributed by atoms with Gasteiger partial charge in [0.25, 0.3) is 0 Å². The van der Waals surface area contributed by atoms with Crippen molar-refractivity contribution in [1.29, 1.82) is 5.26 Å². The van der Waals surface area contributed by atoms with Crippen LogP contribution in [0.5, 0.6) is 0 Å². The van der Waals surface area contributed by atoms with Crippen LogP contribution in [0, 0.1) is 17.2 Å². The number of nitrogens with one attached hydrogen (secondary N) is 1. The molecule has 0 unspecified atom stereocenters. The largest absolute Gasteiger partial charge is 0.511 e. The molecular formula is C23H29N5O. The normalized spacial score (nSPS) is 19.1. The highest BCUT2D eigenvalue weighted by molar-refractivity contribution is 5.87. The Balaban J connectivity index is 1.69. The highest BCUT2D eigenvalue weighted by Crippen LogP contribution is 2.32. The fourth-order valence-corrected chi connectivity index (χ4v) is 4.45. The second-order valence-corrected chi connectivity index (χ2v) is 8.10. The molecule has 0 spiro atoms. The van der Waals surface area contributed by atoms with E-state index in [-0.39, 0.29) is 11.3 Å². The first kappa shape index (κ1) is 19.7. The first-order valence-corrected chi connectivity index (χ1v) is 10.8. The lowest BCUT2D eigenvalue weighted by Crippen LogP contribution is -2.44. The van der Waals surface area contributed by atoms with Crippen LogP contribution in [0.15, 0.2) is 30.0 Å². The van der Waals surface area contributed by atoms with E-state index in [9.17, 15) is 10.4 Å². The van der Waals surface area contributed by atoms with E-state index < -0.39 is 0 Å². The van der Waals surface area contributed by atoms with Crippen molar-refractivity contribution in [2.45, 2.75) is 44.9 Å². The van der Waals surface area contributed by atoms with Crippen LogP contribution in [-0.4, -0.2) is 41.3 Å². The van der Waals surface area contributed by atoms with Crippen LogP contribution in [-0.2, 0) is 0 Å². The first-order valence-electron chi connectivity index (χ1n) is 10.8. The Labute approximate surface area is 172 Å². The molecule has 1 aromatic heterocycles. The summed E-state index contributed by atoms with van der Waals surface area (Å²) in [7, 11) is 0. The summed E-state index contributed by atoms with van der Waals surface area (Å²) in [6, 6.07) is 9.95. The average Bonchev–Trinajstić information content (AvgIpc) is 2.79. The van der Waals surface area contributed by atoms with Crippen LogP contribution in [0.4, 0.5) is 5.82 Å². The Morgan fingerprint density at radius 1 is 1.10 bits per heavy atom. The van der Waals surface area contributed by atoms with Gasteiger partial charge in [-0.05, 0) is 24.5 Å². The summed E-state index contributed by atoms with van der Waals surface area (Å²) in [5.74, 6) is 1.51. The molecule has 1 aliphatic carbocycles. The standard InChI is InChI=1S/C23H29N5O/c24-16-18(21(29)11-10-17-6-2-1-3-7-17)22-23(28-14-12-25-13-15-28)27-20-9-5-4-8-19(20)26-22/h4-5,8-9,17,25,29H,1-3,6-7,10-15H2/b21-18-. The van der Waals surface area contributed by atoms with Gasteiger partial charge in [0.1, 0.15) is 23.1 Å². The van der Waals surface area contributed by atoms with Crippen molar-refractivity contribution in [3.8, 4) is 6.07 Å². The van der Waals surface area contributed by atoms with Crippen molar-refractivity contribution in [2.24, 2.45) is 5.92 Å². The Bertz CT molecular complexity index is 921. The minimum Gasteiger partial charge on any atom is -0.511 e. The third kappa shape index (κ3) is 4.51. The van der Waals surface area contributed by atoms with E-state index in [0.717, 1.165) is 43.6 Å². The molecule has 1 saturated heterocycles. The second kappa shape index (κ2) is 9.23. The topological polar surface area (TPSA) is 85.1 Å². The highest BCUT2D eigenvalue weighted by atomic mass is 16.3. The van der Waals surface area contributed by atoms with E-state index >= 15 is 0 Å². The second-order valence-electron chi connectivity index (χ2n) is 8.10. The van der Waals surface area contributed by atoms with Crippen molar-refractivity contribution < 1.29 is 5.11 Å². The summed E-state index contributed by atoms with van der Waals surface area (Å²) < 4.78 is 0. The zero-order chi connectivity index (χ0) is 20.1. The lowest BCUT2D eigenvalue weighted by atomic mass is 9.85. The van der Waals surface area contributed by atoms with E-state index in [4.69, 9.17) is 9.97 Å². The van der Waals surface area contributed by atoms with E-state index in [1.165, 1.54) is 32.1 Å². The number of para-hydroxylation sites is 2. The molecule has 4 rings (SSSR count). The fourth-order valence-electron chi connectivity index (χ4n) is 4.45. The van der Waals surface area contributed by atoms with Gasteiger partial charge in [0.05, 0.1) is 11.0 Å². The Hall–Kier alpha value is -2.65. The van der Waals surface area contributed by atoms with Crippen LogP contribution in [0.25, 0.3) is 16.6 Å². The van der Waals surface area contributed by atoms with Crippen molar-refractivity contribution in [1.82, 2.24) is 15.3 Å². The van der Waals surface area contributed by atoms with Gasteiger partial charge in [0.2, 0.25) is 0 Å². The SMILES string of the molecule is N#C/C(=C(/O)CCC1CCCCC1)c1nc2ccccc2nc1N1CCNCC1. The van der Waals surface area contributed by atoms with Gasteiger partial charge in [-0.2, -0.15) is 5.26 Å². The van der Waals surface area contributed by atoms with Gasteiger partial charge >= 0.3 is 0 Å². The zero-order valence-corrected chi connectivity index (χ0v) is 16.9. The number of hydrogen-bond acceptors (Lipinski definition) is 6. The molecule has 0 bridgehead atoms. The molecule has 1 aliphatic heterocycles. The lowest BCUT2D eigenvalue weighted by molar-refractivity contribution is 0.311. The van der Waals surface area contributed by atoms with E-state index in [1.54, 1.807) is 0 Å². The molecule has 2 heterocycles. The van der Waals surface area contributed by atoms with Crippen LogP contribution in [0.2, 0.25) is 0 Å². The molecule has 2 N–H and O–H groups in total. The zero-order valence-electron chi connectivity index (χ0n) is 16.9. The number of aliphatic hydroxyl groups excluding tert-OH is 1. The average molecular weight is 392 g/mol. The molecule has 2 fully saturated rings. The maximum Gasteiger partial charge on any atom is 0.156 e. The summed E-state index contributed by atoms with van der Waals surface area (Å²) in [5.41, 5.74) is 2.33. The van der Waals surface area contributed by atoms with E-state index in [2.05, 4.69) is 16.3 Å². The van der Waals surface area contributed by atoms with Gasteiger partial charge in [0, 0.05) is 32.6 Å². The maximum atomic E-state index is 10.8. The summed E-state index contributed by atoms with van der Waals surface area (Å²) in [5, 5.41) is 24.1. The summed E-state index contributed by atoms with van der Waals surface area (Å²) in [4.78, 5) is 11.8. The molecule has 6 heteroatoms. The van der Waals surface area contributed by atoms with Gasteiger partial charge in [0.15, 0.2) is 5.82 Å². The summed E-state index contributed by atoms with van der Waals surface area (Å²) >= 11 is 0. The molecule has 2 aliphatic rings. The van der Waals surface area contributed by atoms with Crippen LogP contribution >= 0.6 is 0 Å². The molecule has 1 saturated carbocycles. The predicted octanol–water partition coefficient (Wildman–Crippen LogP) is 4.19. The number of rotatable bonds is 5. The number of piperazine rings is 1. The molecule has 29 heavy (non-hydrogen) atoms. The van der Waals surface area contributed by atoms with E-state index in [1.807, 2.05) is 24.3 Å². The number of anilines is 1. The minimum atomic E-state index is 0.152. The molecular weight excluding hydrogens is 362 g/mol. The van der Waals surface area contributed by atoms with Gasteiger partial charge in [-0.1, -0.05) is 44.2 Å². The summed E-state index contributed by atoms with van der Waals surface area (Å²) in [6.07, 6.45) is 7.81. The third-order valence-corrected chi connectivity index (χ3v) is 6.12. The smallest absolute Gasteiger partial charge is 0.156 e. The van der Waals surface area contributed by atoms with Crippen molar-refractivity contribution >= 4 is 22.4 Å². The Morgan fingerprint density at radius 3 is 2.48 bits per heavy atom. The molecule has 0 amide bonds. The molecule has 0 atom stereocenters. The number of aliphatic hydroxyl groups is 1. The quantitative estimate of drug-likeness (QED) is 0.587. The molecule has 0 radical (unpaired) electrons. The Morgan fingerprint density at radius 2 is 1.79 bits per heavy atom. The first-order chi connectivity index (χ1) is 14.3. The number of allylic oxidation sites excluding steroid dienone is 2. The number of nitrogens with zero attached hydrogens (tertiary/aromatic N) is 4. The molecule has 152 valence electrons. The van der Waals surface area contributed by atoms with Gasteiger partial charge in [-0.3, -0.25) is 0 Å². The van der Waals surface area contributed by atoms with Crippen LogP contribution in [0.1, 0.15) is 50.6 Å². The number of fused-ring (bicyclic) bond motifs is 1. The van der Waals surface area contributed by atoms with Crippen LogP contribution in [0.3, 0.4) is 0 Å². The lowest BCUT2D eigenvalue weighted by Gasteiger charge is -2.29. The molecule has 1 aromatic carbocycles. The predicted molar refractivity (Wildman–Crippen MR) is 116 cm³/mol. The van der Waals surface area contributed by atoms with E-state index in [0.29, 0.717) is 23.9 Å². The van der Waals surface area contributed by atoms with Crippen molar-refractivity contribution in [3.63, 3.8) is 0 Å². The van der Waals surface area contributed by atoms with Gasteiger partial charge in [-0.15, -0.1) is 0 Å². The number of aromatic nitrogens is 2. The summed E-state index contributed by atoms with van der Waals surface area (Å²) in [6.45, 7) is 3.35. The maximum absolute atomic E-state index is 10.8. The third-order valence-electron chi connectivity index (χ3n) is 6.12. The monoisotopic (exact) mass is 391 g/mol. The minimum absolute atomic E-state index is 0.152. The molecule has 2 aromatic rings. The number of benzene rings is 1. The van der Waals surface area contributed by atoms with Crippen LogP contribution < -0.4 is 10.2 Å². The van der Waals surface area contributed by atoms with Crippen molar-refractivity contribution in [3.05, 3.63) is 35.7 Å². The Kier molecular flexibility index (Phi) is 6.26. The number of nitriles is 1. The highest BCUT2D eigenvalue weighted by Gasteiger charge is 2.23. The molecule has 6 nitrogen and oxygen atoms in total.